The van der Waals surface area contributed by atoms with Crippen molar-refractivity contribution in [3.8, 4) is 0 Å². The van der Waals surface area contributed by atoms with E-state index in [0.717, 1.165) is 5.56 Å². The van der Waals surface area contributed by atoms with Crippen LogP contribution in [0.15, 0.2) is 29.3 Å². The third-order valence-electron chi connectivity index (χ3n) is 2.44. The maximum absolute atomic E-state index is 10.5. The van der Waals surface area contributed by atoms with Crippen LogP contribution in [0.1, 0.15) is 23.6 Å². The van der Waals surface area contributed by atoms with Gasteiger partial charge in [-0.1, -0.05) is 29.8 Å². The summed E-state index contributed by atoms with van der Waals surface area (Å²) in [4.78, 5) is 14.7. The molecule has 1 unspecified atom stereocenters. The fourth-order valence-corrected chi connectivity index (χ4v) is 1.70. The molecule has 0 amide bonds. The van der Waals surface area contributed by atoms with Gasteiger partial charge in [0, 0.05) is 0 Å². The minimum Gasteiger partial charge on any atom is -0.481 e. The van der Waals surface area contributed by atoms with Crippen LogP contribution in [-0.4, -0.2) is 23.6 Å². The first-order valence-electron chi connectivity index (χ1n) is 5.13. The van der Waals surface area contributed by atoms with E-state index < -0.39 is 5.97 Å². The summed E-state index contributed by atoms with van der Waals surface area (Å²) in [5.41, 5.74) is 2.24. The zero-order chi connectivity index (χ0) is 11.5. The average Bonchev–Trinajstić information content (AvgIpc) is 2.65. The number of aliphatic carboxylic acids is 1. The van der Waals surface area contributed by atoms with Crippen molar-refractivity contribution in [2.45, 2.75) is 19.4 Å². The van der Waals surface area contributed by atoms with Crippen molar-refractivity contribution in [1.29, 1.82) is 0 Å². The minimum atomic E-state index is -0.913. The number of carboxylic acid groups (broad SMARTS) is 1. The fourth-order valence-electron chi connectivity index (χ4n) is 1.70. The second-order valence-corrected chi connectivity index (χ2v) is 3.83. The van der Waals surface area contributed by atoms with Gasteiger partial charge < -0.3 is 9.84 Å². The van der Waals surface area contributed by atoms with Crippen LogP contribution in [-0.2, 0) is 9.53 Å². The maximum atomic E-state index is 10.5. The Kier molecular flexibility index (Phi) is 2.90. The van der Waals surface area contributed by atoms with Crippen LogP contribution in [0.4, 0.5) is 0 Å². The summed E-state index contributed by atoms with van der Waals surface area (Å²) in [7, 11) is 0. The van der Waals surface area contributed by atoms with Crippen LogP contribution in [0.5, 0.6) is 0 Å². The number of aryl methyl sites for hydroxylation is 1. The molecule has 0 saturated carbocycles. The molecule has 4 heteroatoms. The van der Waals surface area contributed by atoms with Gasteiger partial charge in [-0.05, 0) is 12.5 Å². The molecule has 0 bridgehead atoms. The van der Waals surface area contributed by atoms with E-state index in [1.165, 1.54) is 5.56 Å². The summed E-state index contributed by atoms with van der Waals surface area (Å²) >= 11 is 0. The molecule has 1 N–H and O–H groups in total. The molecule has 1 atom stereocenters. The van der Waals surface area contributed by atoms with Crippen molar-refractivity contribution >= 4 is 11.9 Å². The van der Waals surface area contributed by atoms with E-state index in [9.17, 15) is 4.79 Å². The van der Waals surface area contributed by atoms with Crippen LogP contribution < -0.4 is 0 Å². The van der Waals surface area contributed by atoms with Gasteiger partial charge in [-0.3, -0.25) is 4.79 Å². The third-order valence-corrected chi connectivity index (χ3v) is 2.44. The molecule has 4 nitrogen and oxygen atoms in total. The third kappa shape index (κ3) is 2.39. The number of nitrogens with zero attached hydrogens (tertiary/aromatic N) is 1. The lowest BCUT2D eigenvalue weighted by molar-refractivity contribution is -0.135. The smallest absolute Gasteiger partial charge is 0.312 e. The molecule has 1 heterocycles. The van der Waals surface area contributed by atoms with Crippen molar-refractivity contribution in [3.05, 3.63) is 35.4 Å². The predicted octanol–water partition coefficient (Wildman–Crippen LogP) is 1.94. The van der Waals surface area contributed by atoms with Crippen molar-refractivity contribution in [1.82, 2.24) is 0 Å². The quantitative estimate of drug-likeness (QED) is 0.845. The molecule has 1 aromatic rings. The monoisotopic (exact) mass is 219 g/mol. The van der Waals surface area contributed by atoms with E-state index in [1.54, 1.807) is 0 Å². The number of ether oxygens (including phenoxy) is 1. The van der Waals surface area contributed by atoms with E-state index in [-0.39, 0.29) is 12.5 Å². The number of carboxylic acids is 1. The Balaban J connectivity index is 2.13. The summed E-state index contributed by atoms with van der Waals surface area (Å²) in [6.07, 6.45) is -0.137. The highest BCUT2D eigenvalue weighted by molar-refractivity contribution is 5.94. The van der Waals surface area contributed by atoms with Crippen molar-refractivity contribution in [2.24, 2.45) is 4.99 Å². The van der Waals surface area contributed by atoms with Gasteiger partial charge in [-0.25, -0.2) is 4.99 Å². The van der Waals surface area contributed by atoms with Gasteiger partial charge in [0.2, 0.25) is 0 Å². The van der Waals surface area contributed by atoms with Gasteiger partial charge in [0.25, 0.3) is 0 Å². The summed E-state index contributed by atoms with van der Waals surface area (Å²) in [6.45, 7) is 2.45. The second-order valence-electron chi connectivity index (χ2n) is 3.83. The van der Waals surface area contributed by atoms with E-state index in [4.69, 9.17) is 9.84 Å². The summed E-state index contributed by atoms with van der Waals surface area (Å²) in [5.74, 6) is -0.595. The SMILES string of the molecule is Cc1cccc(C2COC(CC(=O)O)=N2)c1. The molecule has 1 aliphatic rings. The lowest BCUT2D eigenvalue weighted by Crippen LogP contribution is -2.06. The molecule has 1 aliphatic heterocycles. The van der Waals surface area contributed by atoms with Crippen LogP contribution in [0.25, 0.3) is 0 Å². The number of rotatable bonds is 3. The highest BCUT2D eigenvalue weighted by Gasteiger charge is 2.21. The Morgan fingerprint density at radius 2 is 2.44 bits per heavy atom. The summed E-state index contributed by atoms with van der Waals surface area (Å²) < 4.78 is 5.24. The van der Waals surface area contributed by atoms with E-state index in [0.29, 0.717) is 12.5 Å². The maximum Gasteiger partial charge on any atom is 0.312 e. The van der Waals surface area contributed by atoms with E-state index in [1.807, 2.05) is 31.2 Å². The Bertz CT molecular complexity index is 440. The van der Waals surface area contributed by atoms with Crippen LogP contribution in [0.2, 0.25) is 0 Å². The van der Waals surface area contributed by atoms with Crippen LogP contribution in [0.3, 0.4) is 0 Å². The van der Waals surface area contributed by atoms with Gasteiger partial charge in [0.05, 0.1) is 0 Å². The molecular formula is C12H13NO3. The predicted molar refractivity (Wildman–Crippen MR) is 59.6 cm³/mol. The number of hydrogen-bond acceptors (Lipinski definition) is 3. The lowest BCUT2D eigenvalue weighted by Gasteiger charge is -2.05. The molecule has 0 saturated heterocycles. The summed E-state index contributed by atoms with van der Waals surface area (Å²) in [6, 6.07) is 7.95. The zero-order valence-electron chi connectivity index (χ0n) is 9.01. The minimum absolute atomic E-state index is 0.0609. The second kappa shape index (κ2) is 4.35. The molecule has 0 aliphatic carbocycles. The molecule has 16 heavy (non-hydrogen) atoms. The van der Waals surface area contributed by atoms with E-state index in [2.05, 4.69) is 4.99 Å². The average molecular weight is 219 g/mol. The first kappa shape index (κ1) is 10.7. The lowest BCUT2D eigenvalue weighted by atomic mass is 10.1. The first-order chi connectivity index (χ1) is 7.65. The molecule has 0 spiro atoms. The largest absolute Gasteiger partial charge is 0.481 e. The molecule has 0 fully saturated rings. The van der Waals surface area contributed by atoms with Crippen molar-refractivity contribution in [3.63, 3.8) is 0 Å². The van der Waals surface area contributed by atoms with Gasteiger partial charge >= 0.3 is 5.97 Å². The van der Waals surface area contributed by atoms with Crippen molar-refractivity contribution < 1.29 is 14.6 Å². The molecule has 84 valence electrons. The Hall–Kier alpha value is -1.84. The number of hydrogen-bond donors (Lipinski definition) is 1. The molecule has 1 aromatic carbocycles. The van der Waals surface area contributed by atoms with Crippen molar-refractivity contribution in [2.75, 3.05) is 6.61 Å². The molecule has 0 radical (unpaired) electrons. The zero-order valence-corrected chi connectivity index (χ0v) is 9.01. The van der Waals surface area contributed by atoms with E-state index >= 15 is 0 Å². The Morgan fingerprint density at radius 1 is 1.62 bits per heavy atom. The van der Waals surface area contributed by atoms with Gasteiger partial charge in [0.1, 0.15) is 19.1 Å². The van der Waals surface area contributed by atoms with Gasteiger partial charge in [-0.2, -0.15) is 0 Å². The van der Waals surface area contributed by atoms with Gasteiger partial charge in [-0.15, -0.1) is 0 Å². The Labute approximate surface area is 93.6 Å². The molecule has 0 aromatic heterocycles. The number of benzene rings is 1. The Morgan fingerprint density at radius 3 is 3.12 bits per heavy atom. The number of aliphatic imine (C=N–C) groups is 1. The standard InChI is InChI=1S/C12H13NO3/c1-8-3-2-4-9(5-8)10-7-16-11(13-10)6-12(14)15/h2-5,10H,6-7H2,1H3,(H,14,15). The highest BCUT2D eigenvalue weighted by atomic mass is 16.5. The molecular weight excluding hydrogens is 206 g/mol. The van der Waals surface area contributed by atoms with Crippen LogP contribution >= 0.6 is 0 Å². The fraction of sp³-hybridized carbons (Fsp3) is 0.333. The van der Waals surface area contributed by atoms with Crippen LogP contribution in [0, 0.1) is 6.92 Å². The topological polar surface area (TPSA) is 58.9 Å². The van der Waals surface area contributed by atoms with Gasteiger partial charge in [0.15, 0.2) is 5.90 Å². The summed E-state index contributed by atoms with van der Waals surface area (Å²) in [5, 5.41) is 8.61. The normalized spacial score (nSPS) is 19.1. The molecule has 2 rings (SSSR count). The highest BCUT2D eigenvalue weighted by Crippen LogP contribution is 2.24. The number of carbonyl (C=O) groups is 1. The first-order valence-corrected chi connectivity index (χ1v) is 5.13.